The van der Waals surface area contributed by atoms with Gasteiger partial charge in [-0.25, -0.2) is 0 Å². The lowest BCUT2D eigenvalue weighted by atomic mass is 9.99. The fourth-order valence-corrected chi connectivity index (χ4v) is 2.88. The molecule has 2 unspecified atom stereocenters. The number of likely N-dealkylation sites (N-methyl/N-ethyl adjacent to an activating group) is 1. The van der Waals surface area contributed by atoms with Crippen LogP contribution in [-0.4, -0.2) is 45.4 Å². The maximum Gasteiger partial charge on any atom is 0.118 e. The summed E-state index contributed by atoms with van der Waals surface area (Å²) >= 11 is 0. The summed E-state index contributed by atoms with van der Waals surface area (Å²) in [6, 6.07) is 8.45. The Labute approximate surface area is 121 Å². The van der Waals surface area contributed by atoms with E-state index in [-0.39, 0.29) is 6.04 Å². The molecule has 1 aliphatic rings. The van der Waals surface area contributed by atoms with Crippen LogP contribution in [0.5, 0.6) is 5.75 Å². The Morgan fingerprint density at radius 1 is 1.40 bits per heavy atom. The van der Waals surface area contributed by atoms with Crippen LogP contribution in [0.2, 0.25) is 0 Å². The van der Waals surface area contributed by atoms with Gasteiger partial charge in [-0.3, -0.25) is 4.90 Å². The van der Waals surface area contributed by atoms with Crippen molar-refractivity contribution in [2.45, 2.75) is 18.9 Å². The van der Waals surface area contributed by atoms with Gasteiger partial charge in [-0.15, -0.1) is 0 Å². The Morgan fingerprint density at radius 2 is 2.15 bits per heavy atom. The van der Waals surface area contributed by atoms with Crippen molar-refractivity contribution >= 4 is 0 Å². The molecule has 4 nitrogen and oxygen atoms in total. The zero-order valence-corrected chi connectivity index (χ0v) is 12.5. The van der Waals surface area contributed by atoms with E-state index in [1.807, 2.05) is 12.1 Å². The minimum Gasteiger partial charge on any atom is -0.497 e. The molecule has 0 radical (unpaired) electrons. The highest BCUT2D eigenvalue weighted by molar-refractivity contribution is 5.29. The number of ether oxygens (including phenoxy) is 2. The zero-order chi connectivity index (χ0) is 14.4. The van der Waals surface area contributed by atoms with Crippen LogP contribution in [0.4, 0.5) is 0 Å². The topological polar surface area (TPSA) is 47.7 Å². The van der Waals surface area contributed by atoms with Crippen LogP contribution in [0, 0.1) is 5.92 Å². The average Bonchev–Trinajstić information content (AvgIpc) is 2.49. The van der Waals surface area contributed by atoms with Crippen molar-refractivity contribution in [3.05, 3.63) is 29.8 Å². The van der Waals surface area contributed by atoms with Crippen LogP contribution in [-0.2, 0) is 4.74 Å². The van der Waals surface area contributed by atoms with E-state index in [0.29, 0.717) is 12.5 Å². The van der Waals surface area contributed by atoms with E-state index in [1.165, 1.54) is 18.4 Å². The molecular formula is C16H26N2O2. The molecule has 0 spiro atoms. The summed E-state index contributed by atoms with van der Waals surface area (Å²) in [5.41, 5.74) is 7.22. The van der Waals surface area contributed by atoms with Gasteiger partial charge in [-0.2, -0.15) is 0 Å². The van der Waals surface area contributed by atoms with Crippen molar-refractivity contribution < 1.29 is 9.47 Å². The summed E-state index contributed by atoms with van der Waals surface area (Å²) in [6.07, 6.45) is 2.43. The lowest BCUT2D eigenvalue weighted by Crippen LogP contribution is -2.36. The van der Waals surface area contributed by atoms with E-state index in [9.17, 15) is 0 Å². The lowest BCUT2D eigenvalue weighted by molar-refractivity contribution is 0.0365. The third-order valence-electron chi connectivity index (χ3n) is 4.06. The number of nitrogens with zero attached hydrogens (tertiary/aromatic N) is 1. The number of nitrogens with two attached hydrogens (primary N) is 1. The predicted octanol–water partition coefficient (Wildman–Crippen LogP) is 2.05. The minimum absolute atomic E-state index is 0.253. The van der Waals surface area contributed by atoms with Gasteiger partial charge in [0.25, 0.3) is 0 Å². The van der Waals surface area contributed by atoms with Crippen molar-refractivity contribution in [1.29, 1.82) is 0 Å². The molecular weight excluding hydrogens is 252 g/mol. The quantitative estimate of drug-likeness (QED) is 0.865. The molecule has 20 heavy (non-hydrogen) atoms. The highest BCUT2D eigenvalue weighted by Gasteiger charge is 2.21. The number of hydrogen-bond donors (Lipinski definition) is 1. The molecule has 2 rings (SSSR count). The molecule has 0 bridgehead atoms. The van der Waals surface area contributed by atoms with Crippen LogP contribution in [0.3, 0.4) is 0 Å². The molecule has 0 amide bonds. The van der Waals surface area contributed by atoms with E-state index in [0.717, 1.165) is 25.5 Å². The Morgan fingerprint density at radius 3 is 2.70 bits per heavy atom. The van der Waals surface area contributed by atoms with E-state index in [2.05, 4.69) is 24.1 Å². The minimum atomic E-state index is 0.253. The molecule has 1 heterocycles. The fraction of sp³-hybridized carbons (Fsp3) is 0.625. The van der Waals surface area contributed by atoms with Crippen LogP contribution >= 0.6 is 0 Å². The van der Waals surface area contributed by atoms with Gasteiger partial charge in [0.2, 0.25) is 0 Å². The summed E-state index contributed by atoms with van der Waals surface area (Å²) in [7, 11) is 3.83. The summed E-state index contributed by atoms with van der Waals surface area (Å²) in [6.45, 7) is 3.45. The van der Waals surface area contributed by atoms with Crippen LogP contribution < -0.4 is 10.5 Å². The lowest BCUT2D eigenvalue weighted by Gasteiger charge is -2.32. The fourth-order valence-electron chi connectivity index (χ4n) is 2.88. The SMILES string of the molecule is COc1ccc(C(CN)N(C)CC2CCCOC2)cc1. The molecule has 0 saturated carbocycles. The normalized spacial score (nSPS) is 20.9. The molecule has 1 aromatic carbocycles. The summed E-state index contributed by atoms with van der Waals surface area (Å²) < 4.78 is 10.8. The third kappa shape index (κ3) is 3.95. The monoisotopic (exact) mass is 278 g/mol. The average molecular weight is 278 g/mol. The summed E-state index contributed by atoms with van der Waals surface area (Å²) in [4.78, 5) is 2.35. The van der Waals surface area contributed by atoms with Crippen LogP contribution in [0.15, 0.2) is 24.3 Å². The Bertz CT molecular complexity index is 388. The molecule has 1 saturated heterocycles. The van der Waals surface area contributed by atoms with E-state index >= 15 is 0 Å². The smallest absolute Gasteiger partial charge is 0.118 e. The first-order valence-electron chi connectivity index (χ1n) is 7.36. The van der Waals surface area contributed by atoms with Gasteiger partial charge >= 0.3 is 0 Å². The van der Waals surface area contributed by atoms with Crippen molar-refractivity contribution in [3.63, 3.8) is 0 Å². The van der Waals surface area contributed by atoms with E-state index < -0.39 is 0 Å². The molecule has 0 aliphatic carbocycles. The number of hydrogen-bond acceptors (Lipinski definition) is 4. The van der Waals surface area contributed by atoms with Crippen molar-refractivity contribution in [2.75, 3.05) is 40.5 Å². The number of benzene rings is 1. The van der Waals surface area contributed by atoms with Gasteiger partial charge in [-0.05, 0) is 43.5 Å². The zero-order valence-electron chi connectivity index (χ0n) is 12.5. The van der Waals surface area contributed by atoms with Gasteiger partial charge in [0, 0.05) is 25.7 Å². The van der Waals surface area contributed by atoms with Gasteiger partial charge in [0.05, 0.1) is 13.7 Å². The summed E-state index contributed by atoms with van der Waals surface area (Å²) in [5, 5.41) is 0. The Balaban J connectivity index is 1.98. The highest BCUT2D eigenvalue weighted by Crippen LogP contribution is 2.24. The first-order valence-corrected chi connectivity index (χ1v) is 7.36. The maximum atomic E-state index is 5.98. The molecule has 1 aromatic rings. The molecule has 2 atom stereocenters. The Kier molecular flexibility index (Phi) is 5.83. The number of methoxy groups -OCH3 is 1. The first-order chi connectivity index (χ1) is 9.74. The second-order valence-corrected chi connectivity index (χ2v) is 5.55. The third-order valence-corrected chi connectivity index (χ3v) is 4.06. The standard InChI is InChI=1S/C16H26N2O2/c1-18(11-13-4-3-9-20-12-13)16(10-17)14-5-7-15(19-2)8-6-14/h5-8,13,16H,3-4,9-12,17H2,1-2H3. The van der Waals surface area contributed by atoms with Crippen molar-refractivity contribution in [3.8, 4) is 5.75 Å². The predicted molar refractivity (Wildman–Crippen MR) is 81.0 cm³/mol. The van der Waals surface area contributed by atoms with E-state index in [4.69, 9.17) is 15.2 Å². The van der Waals surface area contributed by atoms with Crippen molar-refractivity contribution in [2.24, 2.45) is 11.7 Å². The first kappa shape index (κ1) is 15.3. The van der Waals surface area contributed by atoms with Gasteiger partial charge in [-0.1, -0.05) is 12.1 Å². The van der Waals surface area contributed by atoms with Gasteiger partial charge < -0.3 is 15.2 Å². The Hall–Kier alpha value is -1.10. The maximum absolute atomic E-state index is 5.98. The highest BCUT2D eigenvalue weighted by atomic mass is 16.5. The van der Waals surface area contributed by atoms with E-state index in [1.54, 1.807) is 7.11 Å². The van der Waals surface area contributed by atoms with Crippen LogP contribution in [0.1, 0.15) is 24.4 Å². The molecule has 112 valence electrons. The molecule has 2 N–H and O–H groups in total. The molecule has 0 aromatic heterocycles. The molecule has 1 aliphatic heterocycles. The van der Waals surface area contributed by atoms with Gasteiger partial charge in [0.1, 0.15) is 5.75 Å². The summed E-state index contributed by atoms with van der Waals surface area (Å²) in [5.74, 6) is 1.51. The van der Waals surface area contributed by atoms with Crippen LogP contribution in [0.25, 0.3) is 0 Å². The van der Waals surface area contributed by atoms with Gasteiger partial charge in [0.15, 0.2) is 0 Å². The number of rotatable bonds is 6. The second kappa shape index (κ2) is 7.62. The van der Waals surface area contributed by atoms with Crippen molar-refractivity contribution in [1.82, 2.24) is 4.90 Å². The molecule has 1 fully saturated rings. The largest absolute Gasteiger partial charge is 0.497 e. The molecule has 4 heteroatoms. The second-order valence-electron chi connectivity index (χ2n) is 5.55.